The van der Waals surface area contributed by atoms with Gasteiger partial charge in [-0.25, -0.2) is 0 Å². The van der Waals surface area contributed by atoms with Gasteiger partial charge in [0, 0.05) is 27.5 Å². The first-order chi connectivity index (χ1) is 8.08. The van der Waals surface area contributed by atoms with Gasteiger partial charge in [0.25, 0.3) is 0 Å². The van der Waals surface area contributed by atoms with Crippen LogP contribution in [0.2, 0.25) is 5.02 Å². The molecule has 0 aliphatic rings. The van der Waals surface area contributed by atoms with E-state index in [0.29, 0.717) is 27.5 Å². The highest BCUT2D eigenvalue weighted by molar-refractivity contribution is 6.31. The second kappa shape index (κ2) is 4.47. The molecule has 0 aromatic heterocycles. The smallest absolute Gasteiger partial charge is 0.195 e. The highest BCUT2D eigenvalue weighted by atomic mass is 35.5. The molecule has 3 nitrogen and oxygen atoms in total. The van der Waals surface area contributed by atoms with E-state index in [-0.39, 0.29) is 5.78 Å². The number of carbonyl (C=O) groups is 1. The van der Waals surface area contributed by atoms with Crippen molar-refractivity contribution in [3.8, 4) is 0 Å². The number of nitrogen functional groups attached to an aromatic ring is 2. The molecule has 2 aromatic carbocycles. The lowest BCUT2D eigenvalue weighted by atomic mass is 10.0. The zero-order valence-corrected chi connectivity index (χ0v) is 9.74. The van der Waals surface area contributed by atoms with E-state index in [2.05, 4.69) is 0 Å². The number of halogens is 1. The van der Waals surface area contributed by atoms with Crippen molar-refractivity contribution in [2.45, 2.75) is 0 Å². The molecule has 0 atom stereocenters. The molecule has 0 amide bonds. The van der Waals surface area contributed by atoms with E-state index >= 15 is 0 Å². The Morgan fingerprint density at radius 1 is 1.06 bits per heavy atom. The molecule has 0 saturated heterocycles. The number of carbonyl (C=O) groups excluding carboxylic acids is 1. The molecule has 2 rings (SSSR count). The van der Waals surface area contributed by atoms with Gasteiger partial charge in [-0.2, -0.15) is 0 Å². The van der Waals surface area contributed by atoms with Crippen LogP contribution in [0.4, 0.5) is 11.4 Å². The second-order valence-corrected chi connectivity index (χ2v) is 4.12. The summed E-state index contributed by atoms with van der Waals surface area (Å²) in [5.41, 5.74) is 13.2. The fraction of sp³-hybridized carbons (Fsp3) is 0. The lowest BCUT2D eigenvalue weighted by molar-refractivity contribution is 0.103. The van der Waals surface area contributed by atoms with Crippen LogP contribution >= 0.6 is 11.6 Å². The number of hydrogen-bond donors (Lipinski definition) is 2. The Bertz CT molecular complexity index is 581. The summed E-state index contributed by atoms with van der Waals surface area (Å²) in [6.07, 6.45) is 0. The van der Waals surface area contributed by atoms with E-state index in [1.165, 1.54) is 0 Å². The van der Waals surface area contributed by atoms with Crippen LogP contribution in [0, 0.1) is 0 Å². The molecule has 4 heteroatoms. The van der Waals surface area contributed by atoms with Crippen molar-refractivity contribution in [3.63, 3.8) is 0 Å². The van der Waals surface area contributed by atoms with E-state index in [9.17, 15) is 4.79 Å². The van der Waals surface area contributed by atoms with Crippen molar-refractivity contribution in [2.24, 2.45) is 0 Å². The van der Waals surface area contributed by atoms with Gasteiger partial charge in [0.2, 0.25) is 0 Å². The van der Waals surface area contributed by atoms with Gasteiger partial charge in [-0.05, 0) is 30.3 Å². The van der Waals surface area contributed by atoms with E-state index in [1.54, 1.807) is 42.5 Å². The molecule has 0 aliphatic heterocycles. The molecule has 86 valence electrons. The first-order valence-corrected chi connectivity index (χ1v) is 5.41. The minimum atomic E-state index is -0.162. The van der Waals surface area contributed by atoms with Crippen LogP contribution in [0.1, 0.15) is 15.9 Å². The van der Waals surface area contributed by atoms with Crippen LogP contribution in [0.25, 0.3) is 0 Å². The Morgan fingerprint density at radius 3 is 2.47 bits per heavy atom. The molecule has 0 unspecified atom stereocenters. The Hall–Kier alpha value is -2.00. The van der Waals surface area contributed by atoms with Crippen LogP contribution in [-0.4, -0.2) is 5.78 Å². The third-order valence-corrected chi connectivity index (χ3v) is 2.64. The molecule has 0 spiro atoms. The summed E-state index contributed by atoms with van der Waals surface area (Å²) in [5.74, 6) is -0.162. The first kappa shape index (κ1) is 11.5. The lowest BCUT2D eigenvalue weighted by Crippen LogP contribution is -2.05. The van der Waals surface area contributed by atoms with Gasteiger partial charge in [-0.3, -0.25) is 4.79 Å². The van der Waals surface area contributed by atoms with Gasteiger partial charge in [0.05, 0.1) is 0 Å². The lowest BCUT2D eigenvalue weighted by Gasteiger charge is -2.06. The number of benzene rings is 2. The number of hydrogen-bond acceptors (Lipinski definition) is 3. The van der Waals surface area contributed by atoms with Crippen molar-refractivity contribution in [2.75, 3.05) is 11.5 Å². The maximum Gasteiger partial charge on any atom is 0.195 e. The minimum absolute atomic E-state index is 0.162. The van der Waals surface area contributed by atoms with Crippen molar-refractivity contribution in [1.82, 2.24) is 0 Å². The average molecular weight is 247 g/mol. The summed E-state index contributed by atoms with van der Waals surface area (Å²) in [7, 11) is 0. The van der Waals surface area contributed by atoms with Crippen LogP contribution in [0.15, 0.2) is 42.5 Å². The summed E-state index contributed by atoms with van der Waals surface area (Å²) in [6, 6.07) is 11.6. The van der Waals surface area contributed by atoms with Gasteiger partial charge in [-0.15, -0.1) is 0 Å². The maximum atomic E-state index is 12.2. The molecule has 0 fully saturated rings. The second-order valence-electron chi connectivity index (χ2n) is 3.69. The van der Waals surface area contributed by atoms with Crippen LogP contribution in [-0.2, 0) is 0 Å². The molecule has 17 heavy (non-hydrogen) atoms. The quantitative estimate of drug-likeness (QED) is 0.632. The summed E-state index contributed by atoms with van der Waals surface area (Å²) in [5, 5.41) is 0.518. The van der Waals surface area contributed by atoms with E-state index < -0.39 is 0 Å². The normalized spacial score (nSPS) is 10.2. The molecule has 0 saturated carbocycles. The number of ketones is 1. The highest BCUT2D eigenvalue weighted by Gasteiger charge is 2.12. The number of anilines is 2. The molecular formula is C13H11ClN2O. The Labute approximate surface area is 104 Å². The summed E-state index contributed by atoms with van der Waals surface area (Å²) >= 11 is 5.84. The van der Waals surface area contributed by atoms with Crippen molar-refractivity contribution < 1.29 is 4.79 Å². The molecule has 0 heterocycles. The average Bonchev–Trinajstić information content (AvgIpc) is 2.28. The van der Waals surface area contributed by atoms with Gasteiger partial charge in [0.15, 0.2) is 5.78 Å². The number of rotatable bonds is 2. The fourth-order valence-corrected chi connectivity index (χ4v) is 1.76. The van der Waals surface area contributed by atoms with Crippen LogP contribution in [0.3, 0.4) is 0 Å². The highest BCUT2D eigenvalue weighted by Crippen LogP contribution is 2.21. The SMILES string of the molecule is Nc1ccc(C(=O)c2cccc(Cl)c2)c(N)c1. The number of nitrogens with two attached hydrogens (primary N) is 2. The van der Waals surface area contributed by atoms with E-state index in [1.807, 2.05) is 0 Å². The van der Waals surface area contributed by atoms with Crippen molar-refractivity contribution in [3.05, 3.63) is 58.6 Å². The van der Waals surface area contributed by atoms with Crippen LogP contribution in [0.5, 0.6) is 0 Å². The predicted octanol–water partition coefficient (Wildman–Crippen LogP) is 2.74. The van der Waals surface area contributed by atoms with E-state index in [0.717, 1.165) is 0 Å². The summed E-state index contributed by atoms with van der Waals surface area (Å²) in [6.45, 7) is 0. The molecule has 0 aliphatic carbocycles. The fourth-order valence-electron chi connectivity index (χ4n) is 1.57. The topological polar surface area (TPSA) is 69.1 Å². The van der Waals surface area contributed by atoms with Crippen molar-refractivity contribution in [1.29, 1.82) is 0 Å². The van der Waals surface area contributed by atoms with Gasteiger partial charge in [0.1, 0.15) is 0 Å². The Balaban J connectivity index is 2.44. The zero-order chi connectivity index (χ0) is 12.4. The maximum absolute atomic E-state index is 12.2. The largest absolute Gasteiger partial charge is 0.399 e. The van der Waals surface area contributed by atoms with E-state index in [4.69, 9.17) is 23.1 Å². The Morgan fingerprint density at radius 2 is 1.82 bits per heavy atom. The van der Waals surface area contributed by atoms with Gasteiger partial charge >= 0.3 is 0 Å². The molecule has 0 radical (unpaired) electrons. The third-order valence-electron chi connectivity index (χ3n) is 2.41. The van der Waals surface area contributed by atoms with Gasteiger partial charge in [-0.1, -0.05) is 23.7 Å². The van der Waals surface area contributed by atoms with Crippen molar-refractivity contribution >= 4 is 28.8 Å². The molecule has 0 bridgehead atoms. The molecule has 4 N–H and O–H groups in total. The first-order valence-electron chi connectivity index (χ1n) is 5.03. The molecule has 2 aromatic rings. The van der Waals surface area contributed by atoms with Gasteiger partial charge < -0.3 is 11.5 Å². The summed E-state index contributed by atoms with van der Waals surface area (Å²) < 4.78 is 0. The third kappa shape index (κ3) is 2.40. The summed E-state index contributed by atoms with van der Waals surface area (Å²) in [4.78, 5) is 12.2. The monoisotopic (exact) mass is 246 g/mol. The van der Waals surface area contributed by atoms with Crippen LogP contribution < -0.4 is 11.5 Å². The zero-order valence-electron chi connectivity index (χ0n) is 8.98. The standard InChI is InChI=1S/C13H11ClN2O/c14-9-3-1-2-8(6-9)13(17)11-5-4-10(15)7-12(11)16/h1-7H,15-16H2. The Kier molecular flexibility index (Phi) is 3.02. The molecular weight excluding hydrogens is 236 g/mol. The minimum Gasteiger partial charge on any atom is -0.399 e. The predicted molar refractivity (Wildman–Crippen MR) is 70.2 cm³/mol.